The van der Waals surface area contributed by atoms with Crippen LogP contribution in [0.1, 0.15) is 5.69 Å². The summed E-state index contributed by atoms with van der Waals surface area (Å²) < 4.78 is 4.82. The normalized spacial score (nSPS) is 14.5. The lowest BCUT2D eigenvalue weighted by atomic mass is 10.2. The van der Waals surface area contributed by atoms with E-state index in [1.54, 1.807) is 18.3 Å². The molecule has 1 aromatic heterocycles. The minimum absolute atomic E-state index is 0.334. The Bertz CT molecular complexity index is 344. The molecule has 2 rings (SSSR count). The molecule has 0 N–H and O–H groups in total. The number of pyridine rings is 1. The summed E-state index contributed by atoms with van der Waals surface area (Å²) >= 11 is 0. The van der Waals surface area contributed by atoms with Gasteiger partial charge in [-0.2, -0.15) is 0 Å². The molecule has 0 aliphatic carbocycles. The lowest BCUT2D eigenvalue weighted by Gasteiger charge is -1.90. The van der Waals surface area contributed by atoms with E-state index in [4.69, 9.17) is 4.74 Å². The van der Waals surface area contributed by atoms with Crippen molar-refractivity contribution in [3.05, 3.63) is 30.6 Å². The van der Waals surface area contributed by atoms with Gasteiger partial charge in [0.25, 0.3) is 0 Å². The van der Waals surface area contributed by atoms with Crippen molar-refractivity contribution in [2.24, 2.45) is 0 Å². The predicted molar refractivity (Wildman–Crippen MR) is 38.9 cm³/mol. The Morgan fingerprint density at radius 1 is 1.55 bits per heavy atom. The third-order valence-electron chi connectivity index (χ3n) is 1.51. The molecule has 3 heteroatoms. The van der Waals surface area contributed by atoms with Gasteiger partial charge in [0.2, 0.25) is 0 Å². The summed E-state index contributed by atoms with van der Waals surface area (Å²) in [7, 11) is 0. The molecule has 0 aromatic carbocycles. The van der Waals surface area contributed by atoms with Crippen LogP contribution >= 0.6 is 0 Å². The van der Waals surface area contributed by atoms with E-state index in [1.807, 2.05) is 0 Å². The molecule has 2 heterocycles. The maximum atomic E-state index is 10.9. The second-order valence-corrected chi connectivity index (χ2v) is 2.22. The number of aromatic nitrogens is 1. The number of esters is 1. The molecule has 1 aliphatic rings. The van der Waals surface area contributed by atoms with Gasteiger partial charge in [-0.25, -0.2) is 4.79 Å². The lowest BCUT2D eigenvalue weighted by molar-refractivity contribution is -0.126. The maximum Gasteiger partial charge on any atom is 0.345 e. The predicted octanol–water partition coefficient (Wildman–Crippen LogP) is 1.01. The van der Waals surface area contributed by atoms with Crippen molar-refractivity contribution in [1.82, 2.24) is 4.98 Å². The van der Waals surface area contributed by atoms with Crippen molar-refractivity contribution in [1.29, 1.82) is 0 Å². The molecule has 0 saturated carbocycles. The Morgan fingerprint density at radius 2 is 2.36 bits per heavy atom. The Hall–Kier alpha value is -1.64. The zero-order valence-electron chi connectivity index (χ0n) is 5.70. The second-order valence-electron chi connectivity index (χ2n) is 2.22. The highest BCUT2D eigenvalue weighted by molar-refractivity contribution is 6.19. The largest absolute Gasteiger partial charge is 0.421 e. The summed E-state index contributed by atoms with van der Waals surface area (Å²) in [5, 5.41) is 0. The highest BCUT2D eigenvalue weighted by atomic mass is 16.5. The van der Waals surface area contributed by atoms with Crippen LogP contribution in [0.3, 0.4) is 0 Å². The second kappa shape index (κ2) is 1.92. The molecule has 0 fully saturated rings. The first-order valence-corrected chi connectivity index (χ1v) is 3.15. The molecule has 54 valence electrons. The zero-order valence-corrected chi connectivity index (χ0v) is 5.70. The number of carbonyl (C=O) groups is 1. The third-order valence-corrected chi connectivity index (χ3v) is 1.51. The summed E-state index contributed by atoms with van der Waals surface area (Å²) in [6.45, 7) is 3.54. The van der Waals surface area contributed by atoms with Crippen molar-refractivity contribution in [3.63, 3.8) is 0 Å². The first-order chi connectivity index (χ1) is 5.29. The Kier molecular flexibility index (Phi) is 1.06. The van der Waals surface area contributed by atoms with Crippen LogP contribution in [0, 0.1) is 0 Å². The van der Waals surface area contributed by atoms with E-state index in [0.29, 0.717) is 17.0 Å². The molecule has 1 aliphatic heterocycles. The molecule has 0 saturated heterocycles. The molecule has 0 bridgehead atoms. The monoisotopic (exact) mass is 147 g/mol. The van der Waals surface area contributed by atoms with Crippen molar-refractivity contribution < 1.29 is 9.53 Å². The molecule has 0 spiro atoms. The van der Waals surface area contributed by atoms with Crippen molar-refractivity contribution in [2.45, 2.75) is 0 Å². The summed E-state index contributed by atoms with van der Waals surface area (Å²) in [6, 6.07) is 3.41. The van der Waals surface area contributed by atoms with E-state index >= 15 is 0 Å². The smallest absolute Gasteiger partial charge is 0.345 e. The molecule has 0 amide bonds. The molecule has 0 unspecified atom stereocenters. The summed E-state index contributed by atoms with van der Waals surface area (Å²) in [5.74, 6) is 0.0983. The van der Waals surface area contributed by atoms with Gasteiger partial charge in [-0.05, 0) is 12.1 Å². The van der Waals surface area contributed by atoms with Crippen molar-refractivity contribution >= 4 is 11.5 Å². The van der Waals surface area contributed by atoms with Gasteiger partial charge >= 0.3 is 5.97 Å². The number of hydrogen-bond donors (Lipinski definition) is 0. The first-order valence-electron chi connectivity index (χ1n) is 3.15. The fourth-order valence-corrected chi connectivity index (χ4v) is 0.958. The quantitative estimate of drug-likeness (QED) is 0.406. The fourth-order valence-electron chi connectivity index (χ4n) is 0.958. The standard InChI is InChI=1S/C8H5NO2/c1-5-7-6(11-8(5)10)3-2-4-9-7/h2-4H,1H2. The summed E-state index contributed by atoms with van der Waals surface area (Å²) in [4.78, 5) is 14.8. The molecular weight excluding hydrogens is 142 g/mol. The minimum Gasteiger partial charge on any atom is -0.421 e. The van der Waals surface area contributed by atoms with E-state index < -0.39 is 5.97 Å². The van der Waals surface area contributed by atoms with Crippen LogP contribution in [0.4, 0.5) is 0 Å². The van der Waals surface area contributed by atoms with E-state index in [2.05, 4.69) is 11.6 Å². The molecule has 0 radical (unpaired) electrons. The minimum atomic E-state index is -0.404. The summed E-state index contributed by atoms with van der Waals surface area (Å²) in [6.07, 6.45) is 1.60. The van der Waals surface area contributed by atoms with Gasteiger partial charge in [0.1, 0.15) is 5.69 Å². The number of rotatable bonds is 0. The average Bonchev–Trinajstić information content (AvgIpc) is 2.30. The average molecular weight is 147 g/mol. The molecular formula is C8H5NO2. The number of ether oxygens (including phenoxy) is 1. The molecule has 11 heavy (non-hydrogen) atoms. The van der Waals surface area contributed by atoms with E-state index in [0.717, 1.165) is 0 Å². The van der Waals surface area contributed by atoms with Crippen molar-refractivity contribution in [2.75, 3.05) is 0 Å². The van der Waals surface area contributed by atoms with Gasteiger partial charge in [-0.1, -0.05) is 6.58 Å². The number of hydrogen-bond acceptors (Lipinski definition) is 3. The van der Waals surface area contributed by atoms with Gasteiger partial charge in [0, 0.05) is 6.20 Å². The van der Waals surface area contributed by atoms with Crippen LogP contribution in [0.25, 0.3) is 5.57 Å². The first kappa shape index (κ1) is 6.09. The van der Waals surface area contributed by atoms with Gasteiger partial charge < -0.3 is 4.74 Å². The zero-order chi connectivity index (χ0) is 7.84. The maximum absolute atomic E-state index is 10.9. The SMILES string of the molecule is C=C1C(=O)Oc2cccnc21. The van der Waals surface area contributed by atoms with Crippen LogP contribution < -0.4 is 4.74 Å². The highest BCUT2D eigenvalue weighted by Gasteiger charge is 2.25. The van der Waals surface area contributed by atoms with Crippen LogP contribution in [-0.4, -0.2) is 11.0 Å². The van der Waals surface area contributed by atoms with Crippen molar-refractivity contribution in [3.8, 4) is 5.75 Å². The Morgan fingerprint density at radius 3 is 3.09 bits per heavy atom. The van der Waals surface area contributed by atoms with E-state index in [9.17, 15) is 4.79 Å². The molecule has 0 atom stereocenters. The van der Waals surface area contributed by atoms with Crippen LogP contribution in [-0.2, 0) is 4.79 Å². The number of nitrogens with zero attached hydrogens (tertiary/aromatic N) is 1. The van der Waals surface area contributed by atoms with Crippen LogP contribution in [0.5, 0.6) is 5.75 Å². The third kappa shape index (κ3) is 0.741. The summed E-state index contributed by atoms with van der Waals surface area (Å²) in [5.41, 5.74) is 0.887. The van der Waals surface area contributed by atoms with E-state index in [1.165, 1.54) is 0 Å². The Balaban J connectivity index is 2.64. The van der Waals surface area contributed by atoms with Gasteiger partial charge in [-0.3, -0.25) is 4.98 Å². The van der Waals surface area contributed by atoms with Gasteiger partial charge in [0.05, 0.1) is 5.57 Å². The van der Waals surface area contributed by atoms with Gasteiger partial charge in [0.15, 0.2) is 5.75 Å². The number of fused-ring (bicyclic) bond motifs is 1. The van der Waals surface area contributed by atoms with Crippen LogP contribution in [0.2, 0.25) is 0 Å². The highest BCUT2D eigenvalue weighted by Crippen LogP contribution is 2.29. The number of carbonyl (C=O) groups excluding carboxylic acids is 1. The van der Waals surface area contributed by atoms with Crippen LogP contribution in [0.15, 0.2) is 24.9 Å². The topological polar surface area (TPSA) is 39.2 Å². The van der Waals surface area contributed by atoms with E-state index in [-0.39, 0.29) is 0 Å². The lowest BCUT2D eigenvalue weighted by Crippen LogP contribution is -1.98. The molecule has 1 aromatic rings. The Labute approximate surface area is 63.3 Å². The van der Waals surface area contributed by atoms with Gasteiger partial charge in [-0.15, -0.1) is 0 Å². The fraction of sp³-hybridized carbons (Fsp3) is 0. The molecule has 3 nitrogen and oxygen atoms in total.